The third kappa shape index (κ3) is 4.26. The van der Waals surface area contributed by atoms with E-state index < -0.39 is 21.7 Å². The van der Waals surface area contributed by atoms with E-state index in [4.69, 9.17) is 4.74 Å². The Morgan fingerprint density at radius 1 is 1.00 bits per heavy atom. The molecule has 3 heterocycles. The van der Waals surface area contributed by atoms with Crippen LogP contribution in [-0.4, -0.2) is 67.9 Å². The van der Waals surface area contributed by atoms with Crippen molar-refractivity contribution >= 4 is 27.5 Å². The van der Waals surface area contributed by atoms with Crippen LogP contribution in [0.1, 0.15) is 30.4 Å². The summed E-state index contributed by atoms with van der Waals surface area (Å²) in [7, 11) is -3.70. The smallest absolute Gasteiger partial charge is 0.245 e. The highest BCUT2D eigenvalue weighted by atomic mass is 32.2. The van der Waals surface area contributed by atoms with Gasteiger partial charge in [0.1, 0.15) is 5.72 Å². The summed E-state index contributed by atoms with van der Waals surface area (Å²) in [4.78, 5) is 29.8. The number of benzene rings is 2. The first kappa shape index (κ1) is 24.0. The number of amides is 2. The fraction of sp³-hybridized carbons (Fsp3) is 0.462. The van der Waals surface area contributed by atoms with Gasteiger partial charge in [0.2, 0.25) is 21.8 Å². The predicted molar refractivity (Wildman–Crippen MR) is 131 cm³/mol. The molecule has 1 spiro atoms. The molecule has 0 aromatic heterocycles. The monoisotopic (exact) mass is 497 g/mol. The summed E-state index contributed by atoms with van der Waals surface area (Å²) in [6.45, 7) is 5.84. The molecule has 5 rings (SSSR count). The van der Waals surface area contributed by atoms with Gasteiger partial charge in [0.15, 0.2) is 0 Å². The van der Waals surface area contributed by atoms with Crippen LogP contribution < -0.4 is 4.90 Å². The topological polar surface area (TPSA) is 87.2 Å². The fourth-order valence-corrected chi connectivity index (χ4v) is 7.14. The molecule has 9 heteroatoms. The molecule has 2 aromatic rings. The first-order valence-electron chi connectivity index (χ1n) is 12.1. The Morgan fingerprint density at radius 3 is 2.40 bits per heavy atom. The van der Waals surface area contributed by atoms with Crippen molar-refractivity contribution in [3.8, 4) is 0 Å². The van der Waals surface area contributed by atoms with Gasteiger partial charge in [-0.2, -0.15) is 4.31 Å². The number of piperidine rings is 1. The Labute approximate surface area is 206 Å². The molecule has 2 amide bonds. The van der Waals surface area contributed by atoms with Gasteiger partial charge < -0.3 is 14.5 Å². The van der Waals surface area contributed by atoms with Crippen LogP contribution in [0, 0.1) is 19.8 Å². The van der Waals surface area contributed by atoms with E-state index in [1.165, 1.54) is 4.31 Å². The molecule has 8 nitrogen and oxygen atoms in total. The number of carbonyl (C=O) groups is 2. The third-order valence-electron chi connectivity index (χ3n) is 7.58. The number of likely N-dealkylation sites (tertiary alicyclic amines) is 1. The highest BCUT2D eigenvalue weighted by Crippen LogP contribution is 2.39. The zero-order valence-corrected chi connectivity index (χ0v) is 21.0. The van der Waals surface area contributed by atoms with E-state index in [9.17, 15) is 18.0 Å². The lowest BCUT2D eigenvalue weighted by atomic mass is 9.98. The van der Waals surface area contributed by atoms with Crippen LogP contribution in [0.5, 0.6) is 0 Å². The van der Waals surface area contributed by atoms with Crippen molar-refractivity contribution in [3.63, 3.8) is 0 Å². The van der Waals surface area contributed by atoms with Crippen LogP contribution in [0.3, 0.4) is 0 Å². The summed E-state index contributed by atoms with van der Waals surface area (Å²) >= 11 is 0. The number of carbonyl (C=O) groups excluding carboxylic acids is 2. The Kier molecular flexibility index (Phi) is 6.19. The Hall–Kier alpha value is -2.75. The van der Waals surface area contributed by atoms with Gasteiger partial charge in [0, 0.05) is 51.1 Å². The Balaban J connectivity index is 1.26. The maximum atomic E-state index is 13.3. The second-order valence-corrected chi connectivity index (χ2v) is 11.5. The molecule has 2 aromatic carbocycles. The molecule has 186 valence electrons. The van der Waals surface area contributed by atoms with Crippen molar-refractivity contribution in [1.29, 1.82) is 0 Å². The molecule has 0 saturated carbocycles. The summed E-state index contributed by atoms with van der Waals surface area (Å²) in [5, 5.41) is 0. The van der Waals surface area contributed by atoms with Gasteiger partial charge in [-0.15, -0.1) is 0 Å². The molecule has 0 aliphatic carbocycles. The quantitative estimate of drug-likeness (QED) is 0.648. The van der Waals surface area contributed by atoms with Crippen LogP contribution in [0.25, 0.3) is 0 Å². The van der Waals surface area contributed by atoms with Gasteiger partial charge in [-0.05, 0) is 49.2 Å². The van der Waals surface area contributed by atoms with Crippen LogP contribution in [-0.2, 0) is 24.3 Å². The lowest BCUT2D eigenvalue weighted by Crippen LogP contribution is -2.56. The number of aryl methyl sites for hydroxylation is 2. The molecule has 3 saturated heterocycles. The zero-order chi connectivity index (χ0) is 24.8. The lowest BCUT2D eigenvalue weighted by Gasteiger charge is -2.43. The number of ether oxygens (including phenoxy) is 1. The number of hydrogen-bond acceptors (Lipinski definition) is 5. The largest absolute Gasteiger partial charge is 0.358 e. The number of nitrogens with zero attached hydrogens (tertiary/aromatic N) is 3. The molecular weight excluding hydrogens is 466 g/mol. The van der Waals surface area contributed by atoms with Crippen molar-refractivity contribution in [2.75, 3.05) is 37.7 Å². The van der Waals surface area contributed by atoms with E-state index in [0.29, 0.717) is 45.6 Å². The normalized spacial score (nSPS) is 22.8. The Morgan fingerprint density at radius 2 is 1.71 bits per heavy atom. The van der Waals surface area contributed by atoms with Gasteiger partial charge >= 0.3 is 0 Å². The molecule has 1 unspecified atom stereocenters. The van der Waals surface area contributed by atoms with Gasteiger partial charge in [0.05, 0.1) is 17.4 Å². The van der Waals surface area contributed by atoms with Crippen LogP contribution >= 0.6 is 0 Å². The maximum absolute atomic E-state index is 13.3. The zero-order valence-electron chi connectivity index (χ0n) is 20.1. The summed E-state index contributed by atoms with van der Waals surface area (Å²) in [6, 6.07) is 14.3. The molecule has 3 aliphatic heterocycles. The van der Waals surface area contributed by atoms with Gasteiger partial charge in [-0.3, -0.25) is 9.59 Å². The van der Waals surface area contributed by atoms with E-state index in [1.807, 2.05) is 32.0 Å². The van der Waals surface area contributed by atoms with E-state index in [-0.39, 0.29) is 23.1 Å². The summed E-state index contributed by atoms with van der Waals surface area (Å²) in [5.74, 6) is -0.485. The second-order valence-electron chi connectivity index (χ2n) is 9.68. The van der Waals surface area contributed by atoms with Crippen LogP contribution in [0.4, 0.5) is 5.69 Å². The number of rotatable bonds is 4. The van der Waals surface area contributed by atoms with E-state index in [2.05, 4.69) is 0 Å². The predicted octanol–water partition coefficient (Wildman–Crippen LogP) is 2.70. The highest BCUT2D eigenvalue weighted by molar-refractivity contribution is 7.89. The third-order valence-corrected chi connectivity index (χ3v) is 9.55. The fourth-order valence-electron chi connectivity index (χ4n) is 5.40. The summed E-state index contributed by atoms with van der Waals surface area (Å²) < 4.78 is 34.1. The highest BCUT2D eigenvalue weighted by Gasteiger charge is 2.51. The van der Waals surface area contributed by atoms with Crippen LogP contribution in [0.15, 0.2) is 53.4 Å². The second kappa shape index (κ2) is 9.04. The first-order valence-corrected chi connectivity index (χ1v) is 13.5. The average Bonchev–Trinajstić information content (AvgIpc) is 3.45. The first-order chi connectivity index (χ1) is 16.7. The van der Waals surface area contributed by atoms with Gasteiger partial charge in [0.25, 0.3) is 0 Å². The van der Waals surface area contributed by atoms with Crippen molar-refractivity contribution < 1.29 is 22.7 Å². The minimum absolute atomic E-state index is 0.0423. The summed E-state index contributed by atoms with van der Waals surface area (Å²) in [5.41, 5.74) is 2.17. The molecule has 0 N–H and O–H groups in total. The average molecular weight is 498 g/mol. The minimum Gasteiger partial charge on any atom is -0.358 e. The standard InChI is InChI=1S/C26H31N3O5S/c1-19-8-9-22(16-20(19)2)28-18-21(17-24(28)30)25(31)27-12-10-26(11-13-27)29(14-15-34-26)35(32,33)23-6-4-3-5-7-23/h3-9,16,21H,10-15,17-18H2,1-2H3. The number of anilines is 1. The summed E-state index contributed by atoms with van der Waals surface area (Å²) in [6.07, 6.45) is 1.01. The van der Waals surface area contributed by atoms with E-state index in [1.54, 1.807) is 40.1 Å². The van der Waals surface area contributed by atoms with Crippen molar-refractivity contribution in [2.24, 2.45) is 5.92 Å². The van der Waals surface area contributed by atoms with Crippen molar-refractivity contribution in [2.45, 2.75) is 43.7 Å². The molecular formula is C26H31N3O5S. The number of sulfonamides is 1. The lowest BCUT2D eigenvalue weighted by molar-refractivity contribution is -0.144. The molecule has 3 aliphatic rings. The molecule has 0 radical (unpaired) electrons. The minimum atomic E-state index is -3.70. The molecule has 1 atom stereocenters. The van der Waals surface area contributed by atoms with E-state index in [0.717, 1.165) is 16.8 Å². The van der Waals surface area contributed by atoms with Crippen molar-refractivity contribution in [1.82, 2.24) is 9.21 Å². The molecule has 0 bridgehead atoms. The van der Waals surface area contributed by atoms with Gasteiger partial charge in [-0.25, -0.2) is 8.42 Å². The Bertz CT molecular complexity index is 1240. The SMILES string of the molecule is Cc1ccc(N2CC(C(=O)N3CCC4(CC3)OCCN4S(=O)(=O)c3ccccc3)CC2=O)cc1C. The van der Waals surface area contributed by atoms with Gasteiger partial charge in [-0.1, -0.05) is 24.3 Å². The number of hydrogen-bond donors (Lipinski definition) is 0. The van der Waals surface area contributed by atoms with Crippen molar-refractivity contribution in [3.05, 3.63) is 59.7 Å². The maximum Gasteiger partial charge on any atom is 0.245 e. The van der Waals surface area contributed by atoms with E-state index >= 15 is 0 Å². The molecule has 3 fully saturated rings. The molecule has 35 heavy (non-hydrogen) atoms. The van der Waals surface area contributed by atoms with Crippen LogP contribution in [0.2, 0.25) is 0 Å².